The number of rotatable bonds is 2. The van der Waals surface area contributed by atoms with E-state index in [0.717, 1.165) is 28.0 Å². The van der Waals surface area contributed by atoms with Gasteiger partial charge in [0.1, 0.15) is 16.7 Å². The van der Waals surface area contributed by atoms with Crippen LogP contribution in [-0.4, -0.2) is 15.0 Å². The lowest BCUT2D eigenvalue weighted by atomic mass is 10.2. The van der Waals surface area contributed by atoms with Gasteiger partial charge < -0.3 is 3.07 Å². The van der Waals surface area contributed by atoms with Crippen LogP contribution in [0.3, 0.4) is 0 Å². The van der Waals surface area contributed by atoms with Crippen molar-refractivity contribution >= 4 is 34.0 Å². The van der Waals surface area contributed by atoms with Crippen LogP contribution in [0.5, 0.6) is 5.75 Å². The van der Waals surface area contributed by atoms with Crippen molar-refractivity contribution in [2.24, 2.45) is 0 Å². The van der Waals surface area contributed by atoms with E-state index in [1.807, 2.05) is 73.3 Å². The fourth-order valence-corrected chi connectivity index (χ4v) is 2.35. The van der Waals surface area contributed by atoms with Crippen molar-refractivity contribution in [2.75, 3.05) is 0 Å². The van der Waals surface area contributed by atoms with Crippen LogP contribution < -0.4 is 3.07 Å². The summed E-state index contributed by atoms with van der Waals surface area (Å²) in [6, 6.07) is 12.0. The van der Waals surface area contributed by atoms with Gasteiger partial charge in [0.15, 0.2) is 28.8 Å². The van der Waals surface area contributed by atoms with Crippen LogP contribution in [0.15, 0.2) is 36.4 Å². The van der Waals surface area contributed by atoms with Gasteiger partial charge in [0.2, 0.25) is 0 Å². The summed E-state index contributed by atoms with van der Waals surface area (Å²) in [6.07, 6.45) is 0. The van der Waals surface area contributed by atoms with Gasteiger partial charge in [-0.15, -0.1) is 15.0 Å². The first-order valence-electron chi connectivity index (χ1n) is 5.91. The van der Waals surface area contributed by atoms with Gasteiger partial charge in [-0.2, -0.15) is 0 Å². The van der Waals surface area contributed by atoms with Gasteiger partial charge in [-0.1, -0.05) is 12.1 Å². The van der Waals surface area contributed by atoms with Gasteiger partial charge in [0.05, 0.1) is 0 Å². The molecule has 0 unspecified atom stereocenters. The summed E-state index contributed by atoms with van der Waals surface area (Å²) < 4.78 is 5.34. The number of hydrogen-bond acceptors (Lipinski definition) is 3. The standard InChI is InChI=1S/C14H12IN3O/c1-9-3-5-11-12(7-9)17-18(16-11)13-8-10(2)4-6-14(13)19-15/h3-8H,1-2H3. The highest BCUT2D eigenvalue weighted by atomic mass is 127. The van der Waals surface area contributed by atoms with Crippen molar-refractivity contribution in [3.05, 3.63) is 47.5 Å². The molecule has 2 aromatic carbocycles. The third-order valence-electron chi connectivity index (χ3n) is 2.95. The molecule has 0 N–H and O–H groups in total. The van der Waals surface area contributed by atoms with Crippen LogP contribution in [0.2, 0.25) is 0 Å². The minimum atomic E-state index is 0.753. The molecular weight excluding hydrogens is 353 g/mol. The summed E-state index contributed by atoms with van der Waals surface area (Å²) in [5, 5.41) is 9.01. The number of fused-ring (bicyclic) bond motifs is 1. The summed E-state index contributed by atoms with van der Waals surface area (Å²) >= 11 is 1.87. The molecule has 96 valence electrons. The van der Waals surface area contributed by atoms with Crippen molar-refractivity contribution in [1.82, 2.24) is 15.0 Å². The summed E-state index contributed by atoms with van der Waals surface area (Å²) in [5.74, 6) is 0.753. The molecule has 1 heterocycles. The van der Waals surface area contributed by atoms with E-state index in [2.05, 4.69) is 10.2 Å². The molecular formula is C14H12IN3O. The van der Waals surface area contributed by atoms with Gasteiger partial charge in [-0.3, -0.25) is 0 Å². The molecule has 1 aromatic heterocycles. The third kappa shape index (κ3) is 2.30. The van der Waals surface area contributed by atoms with Gasteiger partial charge in [0.25, 0.3) is 0 Å². The van der Waals surface area contributed by atoms with Crippen LogP contribution in [0.25, 0.3) is 16.7 Å². The highest BCUT2D eigenvalue weighted by Gasteiger charge is 2.10. The summed E-state index contributed by atoms with van der Waals surface area (Å²) in [7, 11) is 0. The van der Waals surface area contributed by atoms with E-state index >= 15 is 0 Å². The maximum atomic E-state index is 5.34. The first-order valence-corrected chi connectivity index (χ1v) is 6.79. The molecule has 0 fully saturated rings. The minimum absolute atomic E-state index is 0.753. The zero-order chi connectivity index (χ0) is 13.4. The highest BCUT2D eigenvalue weighted by molar-refractivity contribution is 14.1. The Balaban J connectivity index is 2.21. The lowest BCUT2D eigenvalue weighted by Crippen LogP contribution is -2.00. The number of nitrogens with zero attached hydrogens (tertiary/aromatic N) is 3. The average molecular weight is 365 g/mol. The third-order valence-corrected chi connectivity index (χ3v) is 3.42. The second-order valence-electron chi connectivity index (χ2n) is 4.53. The van der Waals surface area contributed by atoms with Crippen LogP contribution in [-0.2, 0) is 0 Å². The first kappa shape index (κ1) is 12.4. The van der Waals surface area contributed by atoms with E-state index in [9.17, 15) is 0 Å². The van der Waals surface area contributed by atoms with E-state index in [-0.39, 0.29) is 0 Å². The Morgan fingerprint density at radius 2 is 1.63 bits per heavy atom. The molecule has 3 aromatic rings. The highest BCUT2D eigenvalue weighted by Crippen LogP contribution is 2.25. The molecule has 0 aliphatic carbocycles. The maximum Gasteiger partial charge on any atom is 0.192 e. The fourth-order valence-electron chi connectivity index (χ4n) is 1.98. The quantitative estimate of drug-likeness (QED) is 0.650. The molecule has 3 rings (SSSR count). The SMILES string of the molecule is Cc1ccc(OI)c(-n2nc3ccc(C)cc3n2)c1. The zero-order valence-electron chi connectivity index (χ0n) is 10.6. The number of aromatic nitrogens is 3. The molecule has 4 nitrogen and oxygen atoms in total. The molecule has 19 heavy (non-hydrogen) atoms. The Labute approximate surface area is 125 Å². The Morgan fingerprint density at radius 1 is 0.947 bits per heavy atom. The molecule has 0 atom stereocenters. The van der Waals surface area contributed by atoms with Crippen LogP contribution >= 0.6 is 23.0 Å². The van der Waals surface area contributed by atoms with E-state index in [1.165, 1.54) is 5.56 Å². The summed E-state index contributed by atoms with van der Waals surface area (Å²) in [6.45, 7) is 4.08. The van der Waals surface area contributed by atoms with Crippen molar-refractivity contribution < 1.29 is 3.07 Å². The van der Waals surface area contributed by atoms with E-state index in [0.29, 0.717) is 0 Å². The molecule has 0 bridgehead atoms. The van der Waals surface area contributed by atoms with Crippen molar-refractivity contribution in [3.63, 3.8) is 0 Å². The van der Waals surface area contributed by atoms with E-state index in [4.69, 9.17) is 3.07 Å². The molecule has 0 spiro atoms. The Hall–Kier alpha value is -1.63. The zero-order valence-corrected chi connectivity index (χ0v) is 12.7. The maximum absolute atomic E-state index is 5.34. The Morgan fingerprint density at radius 3 is 2.42 bits per heavy atom. The van der Waals surface area contributed by atoms with E-state index < -0.39 is 0 Å². The molecule has 0 aliphatic heterocycles. The average Bonchev–Trinajstić information content (AvgIpc) is 2.81. The van der Waals surface area contributed by atoms with Crippen LogP contribution in [0.1, 0.15) is 11.1 Å². The van der Waals surface area contributed by atoms with Gasteiger partial charge in [-0.05, 0) is 49.2 Å². The topological polar surface area (TPSA) is 39.9 Å². The largest absolute Gasteiger partial charge is 0.425 e. The monoisotopic (exact) mass is 365 g/mol. The number of aryl methyl sites for hydroxylation is 2. The van der Waals surface area contributed by atoms with Crippen molar-refractivity contribution in [3.8, 4) is 11.4 Å². The minimum Gasteiger partial charge on any atom is -0.425 e. The van der Waals surface area contributed by atoms with Gasteiger partial charge in [-0.25, -0.2) is 0 Å². The van der Waals surface area contributed by atoms with E-state index in [1.54, 1.807) is 4.80 Å². The Kier molecular flexibility index (Phi) is 3.14. The predicted octanol–water partition coefficient (Wildman–Crippen LogP) is 3.77. The summed E-state index contributed by atoms with van der Waals surface area (Å²) in [4.78, 5) is 1.63. The van der Waals surface area contributed by atoms with Crippen molar-refractivity contribution in [2.45, 2.75) is 13.8 Å². The molecule has 0 saturated heterocycles. The molecule has 0 aliphatic rings. The number of halogens is 1. The van der Waals surface area contributed by atoms with Crippen molar-refractivity contribution in [1.29, 1.82) is 0 Å². The second-order valence-corrected chi connectivity index (χ2v) is 4.97. The lowest BCUT2D eigenvalue weighted by molar-refractivity contribution is 0.674. The molecule has 0 radical (unpaired) electrons. The molecule has 0 saturated carbocycles. The smallest absolute Gasteiger partial charge is 0.192 e. The fraction of sp³-hybridized carbons (Fsp3) is 0.143. The van der Waals surface area contributed by atoms with Gasteiger partial charge in [0, 0.05) is 0 Å². The number of hydrogen-bond donors (Lipinski definition) is 0. The normalized spacial score (nSPS) is 10.9. The number of benzene rings is 2. The summed E-state index contributed by atoms with van der Waals surface area (Å²) in [5.41, 5.74) is 4.94. The Bertz CT molecular complexity index is 752. The molecule has 5 heteroatoms. The van der Waals surface area contributed by atoms with Crippen LogP contribution in [0, 0.1) is 13.8 Å². The predicted molar refractivity (Wildman–Crippen MR) is 83.0 cm³/mol. The van der Waals surface area contributed by atoms with Crippen LogP contribution in [0.4, 0.5) is 0 Å². The second kappa shape index (κ2) is 4.80. The van der Waals surface area contributed by atoms with Gasteiger partial charge >= 0.3 is 0 Å². The molecule has 0 amide bonds. The lowest BCUT2D eigenvalue weighted by Gasteiger charge is -2.06. The first-order chi connectivity index (χ1) is 9.17.